The van der Waals surface area contributed by atoms with Crippen molar-refractivity contribution >= 4 is 5.97 Å². The van der Waals surface area contributed by atoms with E-state index in [1.54, 1.807) is 24.3 Å². The molecule has 15 heavy (non-hydrogen) atoms. The smallest absolute Gasteiger partial charge is 0.333 e. The molecule has 1 atom stereocenters. The summed E-state index contributed by atoms with van der Waals surface area (Å²) in [4.78, 5) is 10.6. The molecule has 0 saturated carbocycles. The average molecular weight is 208 g/mol. The van der Waals surface area contributed by atoms with Gasteiger partial charge in [-0.25, -0.2) is 4.79 Å². The lowest BCUT2D eigenvalue weighted by Gasteiger charge is -2.11. The molecule has 1 aromatic rings. The third kappa shape index (κ3) is 2.57. The molecule has 0 spiro atoms. The standard InChI is InChI=1S/C11H12O4/c1-7(11(13)14)10(12)8-4-3-5-9(6-8)15-2/h3-6,10,12H,1H2,2H3,(H,13,14). The summed E-state index contributed by atoms with van der Waals surface area (Å²) in [7, 11) is 1.50. The van der Waals surface area contributed by atoms with E-state index in [1.165, 1.54) is 7.11 Å². The van der Waals surface area contributed by atoms with Crippen LogP contribution in [0.1, 0.15) is 11.7 Å². The van der Waals surface area contributed by atoms with Gasteiger partial charge in [0.15, 0.2) is 0 Å². The van der Waals surface area contributed by atoms with Gasteiger partial charge in [-0.2, -0.15) is 0 Å². The predicted octanol–water partition coefficient (Wildman–Crippen LogP) is 1.37. The van der Waals surface area contributed by atoms with Gasteiger partial charge < -0.3 is 14.9 Å². The number of carbonyl (C=O) groups is 1. The second-order valence-electron chi connectivity index (χ2n) is 3.01. The average Bonchev–Trinajstić information content (AvgIpc) is 2.27. The topological polar surface area (TPSA) is 66.8 Å². The molecule has 0 aliphatic carbocycles. The second kappa shape index (κ2) is 4.61. The molecule has 4 nitrogen and oxygen atoms in total. The maximum Gasteiger partial charge on any atom is 0.333 e. The van der Waals surface area contributed by atoms with Gasteiger partial charge in [0.05, 0.1) is 12.7 Å². The third-order valence-corrected chi connectivity index (χ3v) is 2.01. The van der Waals surface area contributed by atoms with Crippen LogP contribution in [0.3, 0.4) is 0 Å². The van der Waals surface area contributed by atoms with E-state index in [-0.39, 0.29) is 5.57 Å². The number of carboxylic acids is 1. The number of hydrogen-bond donors (Lipinski definition) is 2. The lowest BCUT2D eigenvalue weighted by atomic mass is 10.0. The molecule has 2 N–H and O–H groups in total. The highest BCUT2D eigenvalue weighted by molar-refractivity contribution is 5.87. The molecule has 1 rings (SSSR count). The molecular formula is C11H12O4. The Labute approximate surface area is 87.4 Å². The van der Waals surface area contributed by atoms with Gasteiger partial charge in [0.25, 0.3) is 0 Å². The predicted molar refractivity (Wildman–Crippen MR) is 54.7 cm³/mol. The largest absolute Gasteiger partial charge is 0.497 e. The van der Waals surface area contributed by atoms with Crippen molar-refractivity contribution in [3.8, 4) is 5.75 Å². The summed E-state index contributed by atoms with van der Waals surface area (Å²) >= 11 is 0. The Morgan fingerprint density at radius 3 is 2.73 bits per heavy atom. The first-order valence-electron chi connectivity index (χ1n) is 4.30. The highest BCUT2D eigenvalue weighted by Crippen LogP contribution is 2.23. The fourth-order valence-electron chi connectivity index (χ4n) is 1.13. The summed E-state index contributed by atoms with van der Waals surface area (Å²) < 4.78 is 4.96. The Balaban J connectivity index is 2.95. The quantitative estimate of drug-likeness (QED) is 0.733. The van der Waals surface area contributed by atoms with E-state index in [0.717, 1.165) is 0 Å². The Hall–Kier alpha value is -1.81. The highest BCUT2D eigenvalue weighted by Gasteiger charge is 2.17. The Morgan fingerprint density at radius 2 is 2.20 bits per heavy atom. The van der Waals surface area contributed by atoms with Gasteiger partial charge in [-0.05, 0) is 17.7 Å². The van der Waals surface area contributed by atoms with Crippen molar-refractivity contribution in [3.05, 3.63) is 42.0 Å². The van der Waals surface area contributed by atoms with Gasteiger partial charge >= 0.3 is 5.97 Å². The number of aliphatic carboxylic acids is 1. The molecule has 0 radical (unpaired) electrons. The number of aliphatic hydroxyl groups excluding tert-OH is 1. The second-order valence-corrected chi connectivity index (χ2v) is 3.01. The Bertz CT molecular complexity index is 384. The number of methoxy groups -OCH3 is 1. The van der Waals surface area contributed by atoms with Crippen molar-refractivity contribution in [3.63, 3.8) is 0 Å². The summed E-state index contributed by atoms with van der Waals surface area (Å²) in [6.45, 7) is 3.30. The molecule has 0 aliphatic heterocycles. The molecule has 1 aromatic carbocycles. The minimum absolute atomic E-state index is 0.261. The van der Waals surface area contributed by atoms with E-state index in [9.17, 15) is 9.90 Å². The van der Waals surface area contributed by atoms with Gasteiger partial charge in [0, 0.05) is 0 Å². The first-order valence-corrected chi connectivity index (χ1v) is 4.30. The van der Waals surface area contributed by atoms with Crippen molar-refractivity contribution in [2.75, 3.05) is 7.11 Å². The number of ether oxygens (including phenoxy) is 1. The van der Waals surface area contributed by atoms with Gasteiger partial charge in [-0.3, -0.25) is 0 Å². The number of carboxylic acid groups (broad SMARTS) is 1. The van der Waals surface area contributed by atoms with E-state index >= 15 is 0 Å². The first kappa shape index (κ1) is 11.3. The molecule has 0 fully saturated rings. The van der Waals surface area contributed by atoms with Gasteiger partial charge in [0.1, 0.15) is 11.9 Å². The van der Waals surface area contributed by atoms with E-state index < -0.39 is 12.1 Å². The molecule has 0 heterocycles. The molecule has 0 saturated heterocycles. The maximum absolute atomic E-state index is 10.6. The normalized spacial score (nSPS) is 11.9. The fourth-order valence-corrected chi connectivity index (χ4v) is 1.13. The summed E-state index contributed by atoms with van der Waals surface area (Å²) in [5.74, 6) is -0.657. The molecule has 4 heteroatoms. The van der Waals surface area contributed by atoms with Gasteiger partial charge in [0.2, 0.25) is 0 Å². The summed E-state index contributed by atoms with van der Waals surface area (Å²) in [5, 5.41) is 18.3. The monoisotopic (exact) mass is 208 g/mol. The zero-order valence-electron chi connectivity index (χ0n) is 8.30. The van der Waals surface area contributed by atoms with Crippen molar-refractivity contribution in [2.24, 2.45) is 0 Å². The minimum Gasteiger partial charge on any atom is -0.497 e. The zero-order valence-corrected chi connectivity index (χ0v) is 8.30. The van der Waals surface area contributed by atoms with Crippen LogP contribution in [0, 0.1) is 0 Å². The van der Waals surface area contributed by atoms with Crippen LogP contribution in [-0.4, -0.2) is 23.3 Å². The van der Waals surface area contributed by atoms with E-state index in [2.05, 4.69) is 6.58 Å². The van der Waals surface area contributed by atoms with Gasteiger partial charge in [-0.15, -0.1) is 0 Å². The van der Waals surface area contributed by atoms with E-state index in [4.69, 9.17) is 9.84 Å². The number of rotatable bonds is 4. The SMILES string of the molecule is C=C(C(=O)O)C(O)c1cccc(OC)c1. The molecule has 1 unspecified atom stereocenters. The van der Waals surface area contributed by atoms with E-state index in [1.807, 2.05) is 0 Å². The third-order valence-electron chi connectivity index (χ3n) is 2.01. The van der Waals surface area contributed by atoms with Crippen LogP contribution >= 0.6 is 0 Å². The molecule has 0 aromatic heterocycles. The number of hydrogen-bond acceptors (Lipinski definition) is 3. The number of aliphatic hydroxyl groups is 1. The molecule has 0 aliphatic rings. The van der Waals surface area contributed by atoms with Crippen LogP contribution in [0.5, 0.6) is 5.75 Å². The van der Waals surface area contributed by atoms with Crippen LogP contribution in [0.25, 0.3) is 0 Å². The molecular weight excluding hydrogens is 196 g/mol. The summed E-state index contributed by atoms with van der Waals surface area (Å²) in [5.41, 5.74) is 0.185. The summed E-state index contributed by atoms with van der Waals surface area (Å²) in [6, 6.07) is 6.56. The molecule has 0 amide bonds. The molecule has 80 valence electrons. The van der Waals surface area contributed by atoms with Crippen LogP contribution in [-0.2, 0) is 4.79 Å². The molecule has 0 bridgehead atoms. The van der Waals surface area contributed by atoms with Crippen LogP contribution in [0.2, 0.25) is 0 Å². The van der Waals surface area contributed by atoms with Crippen LogP contribution < -0.4 is 4.74 Å². The minimum atomic E-state index is -1.22. The van der Waals surface area contributed by atoms with Crippen molar-refractivity contribution in [1.29, 1.82) is 0 Å². The fraction of sp³-hybridized carbons (Fsp3) is 0.182. The Morgan fingerprint density at radius 1 is 1.53 bits per heavy atom. The van der Waals surface area contributed by atoms with Gasteiger partial charge in [-0.1, -0.05) is 18.7 Å². The highest BCUT2D eigenvalue weighted by atomic mass is 16.5. The van der Waals surface area contributed by atoms with E-state index in [0.29, 0.717) is 11.3 Å². The zero-order chi connectivity index (χ0) is 11.4. The maximum atomic E-state index is 10.6. The van der Waals surface area contributed by atoms with Crippen molar-refractivity contribution in [1.82, 2.24) is 0 Å². The van der Waals surface area contributed by atoms with Crippen LogP contribution in [0.15, 0.2) is 36.4 Å². The van der Waals surface area contributed by atoms with Crippen LogP contribution in [0.4, 0.5) is 0 Å². The lowest BCUT2D eigenvalue weighted by molar-refractivity contribution is -0.133. The summed E-state index contributed by atoms with van der Waals surface area (Å²) in [6.07, 6.45) is -1.21. The first-order chi connectivity index (χ1) is 7.06. The van der Waals surface area contributed by atoms with Crippen molar-refractivity contribution in [2.45, 2.75) is 6.10 Å². The number of benzene rings is 1. The Kier molecular flexibility index (Phi) is 3.46. The lowest BCUT2D eigenvalue weighted by Crippen LogP contribution is -2.09. The van der Waals surface area contributed by atoms with Crippen molar-refractivity contribution < 1.29 is 19.7 Å².